The van der Waals surface area contributed by atoms with Crippen LogP contribution in [0.5, 0.6) is 0 Å². The minimum absolute atomic E-state index is 0.161. The minimum Gasteiger partial charge on any atom is -0.359 e. The lowest BCUT2D eigenvalue weighted by Crippen LogP contribution is -2.22. The Morgan fingerprint density at radius 2 is 1.60 bits per heavy atom. The highest BCUT2D eigenvalue weighted by Crippen LogP contribution is 2.17. The lowest BCUT2D eigenvalue weighted by molar-refractivity contribution is 0.0727. The number of ether oxygens (including phenoxy) is 1. The number of hydrogen-bond donors (Lipinski definition) is 0. The van der Waals surface area contributed by atoms with Crippen LogP contribution in [0.4, 0.5) is 0 Å². The van der Waals surface area contributed by atoms with Crippen molar-refractivity contribution < 1.29 is 9.53 Å². The number of rotatable bonds is 12. The van der Waals surface area contributed by atoms with Crippen molar-refractivity contribution in [1.82, 2.24) is 24.6 Å². The fourth-order valence-electron chi connectivity index (χ4n) is 4.37. The first-order valence-corrected chi connectivity index (χ1v) is 17.2. The largest absolute Gasteiger partial charge is 0.359 e. The molecular formula is C31H34N6O2Si. The Kier molecular flexibility index (Phi) is 8.42. The Bertz CT molecular complexity index is 1530. The van der Waals surface area contributed by atoms with E-state index in [2.05, 4.69) is 59.3 Å². The first kappa shape index (κ1) is 27.4. The van der Waals surface area contributed by atoms with E-state index in [4.69, 9.17) is 9.73 Å². The second-order valence-electron chi connectivity index (χ2n) is 10.9. The predicted octanol–water partition coefficient (Wildman–Crippen LogP) is 5.55. The summed E-state index contributed by atoms with van der Waals surface area (Å²) < 4.78 is 9.20. The van der Waals surface area contributed by atoms with E-state index in [1.807, 2.05) is 60.8 Å². The summed E-state index contributed by atoms with van der Waals surface area (Å²) in [5.41, 5.74) is 5.14. The summed E-state index contributed by atoms with van der Waals surface area (Å²) >= 11 is 0. The molecule has 0 fully saturated rings. The van der Waals surface area contributed by atoms with Gasteiger partial charge >= 0.3 is 0 Å². The van der Waals surface area contributed by atoms with Crippen LogP contribution in [0.1, 0.15) is 33.0 Å². The molecule has 0 aliphatic rings. The van der Waals surface area contributed by atoms with E-state index in [-0.39, 0.29) is 12.5 Å². The van der Waals surface area contributed by atoms with Gasteiger partial charge in [0.05, 0.1) is 16.9 Å². The van der Waals surface area contributed by atoms with Gasteiger partial charge < -0.3 is 4.74 Å². The summed E-state index contributed by atoms with van der Waals surface area (Å²) in [7, 11) is -1.25. The van der Waals surface area contributed by atoms with Gasteiger partial charge in [-0.3, -0.25) is 9.79 Å². The molecule has 204 valence electrons. The highest BCUT2D eigenvalue weighted by atomic mass is 28.3. The van der Waals surface area contributed by atoms with Crippen molar-refractivity contribution in [3.8, 4) is 0 Å². The molecule has 0 radical (unpaired) electrons. The van der Waals surface area contributed by atoms with E-state index in [9.17, 15) is 4.79 Å². The monoisotopic (exact) mass is 550 g/mol. The van der Waals surface area contributed by atoms with Gasteiger partial charge in [0, 0.05) is 45.0 Å². The summed E-state index contributed by atoms with van der Waals surface area (Å²) in [6.07, 6.45) is 2.28. The van der Waals surface area contributed by atoms with Crippen LogP contribution in [0.2, 0.25) is 25.7 Å². The van der Waals surface area contributed by atoms with E-state index in [0.717, 1.165) is 28.4 Å². The summed E-state index contributed by atoms with van der Waals surface area (Å²) in [5.74, 6) is -0.229. The molecule has 2 aromatic carbocycles. The fourth-order valence-corrected chi connectivity index (χ4v) is 5.13. The van der Waals surface area contributed by atoms with E-state index in [0.29, 0.717) is 36.7 Å². The van der Waals surface area contributed by atoms with Crippen molar-refractivity contribution in [3.63, 3.8) is 0 Å². The first-order valence-electron chi connectivity index (χ1n) is 13.5. The summed E-state index contributed by atoms with van der Waals surface area (Å²) in [5, 5.41) is 13.2. The molecule has 0 aliphatic heterocycles. The van der Waals surface area contributed by atoms with Crippen LogP contribution in [-0.4, -0.2) is 57.3 Å². The quantitative estimate of drug-likeness (QED) is 0.0880. The molecule has 0 spiro atoms. The average molecular weight is 551 g/mol. The third kappa shape index (κ3) is 6.67. The van der Waals surface area contributed by atoms with E-state index >= 15 is 0 Å². The standard InChI is InChI=1S/C31H34N6O2Si/c1-40(2,3)21-20-39-23-37-30(31(38)28-22-26-16-10-11-19-36(26)34-28)27(33-35-37)17-18-32-29(24-12-6-4-7-13-24)25-14-8-5-9-15-25/h4-16,19,22H,17-18,20-21,23H2,1-3H3. The molecule has 3 heterocycles. The molecular weight excluding hydrogens is 516 g/mol. The molecule has 0 saturated heterocycles. The van der Waals surface area contributed by atoms with Crippen LogP contribution in [0.3, 0.4) is 0 Å². The number of hydrogen-bond acceptors (Lipinski definition) is 6. The second-order valence-corrected chi connectivity index (χ2v) is 16.5. The lowest BCUT2D eigenvalue weighted by atomic mass is 10.0. The number of ketones is 1. The zero-order valence-electron chi connectivity index (χ0n) is 23.2. The number of carbonyl (C=O) groups excluding carboxylic acids is 1. The van der Waals surface area contributed by atoms with Crippen molar-refractivity contribution in [1.29, 1.82) is 0 Å². The Morgan fingerprint density at radius 1 is 0.925 bits per heavy atom. The molecule has 0 unspecified atom stereocenters. The Morgan fingerprint density at radius 3 is 2.25 bits per heavy atom. The van der Waals surface area contributed by atoms with Crippen LogP contribution in [0.25, 0.3) is 5.52 Å². The third-order valence-electron chi connectivity index (χ3n) is 6.55. The number of carbonyl (C=O) groups is 1. The molecule has 5 aromatic rings. The number of pyridine rings is 1. The van der Waals surface area contributed by atoms with Gasteiger partial charge in [0.1, 0.15) is 18.1 Å². The van der Waals surface area contributed by atoms with Crippen LogP contribution in [0.15, 0.2) is 96.1 Å². The maximum atomic E-state index is 13.8. The van der Waals surface area contributed by atoms with Crippen molar-refractivity contribution in [2.24, 2.45) is 4.99 Å². The molecule has 8 nitrogen and oxygen atoms in total. The van der Waals surface area contributed by atoms with Crippen LogP contribution >= 0.6 is 0 Å². The molecule has 3 aromatic heterocycles. The van der Waals surface area contributed by atoms with Crippen molar-refractivity contribution in [2.45, 2.75) is 38.8 Å². The normalized spacial score (nSPS) is 11.6. The highest BCUT2D eigenvalue weighted by Gasteiger charge is 2.24. The smallest absolute Gasteiger partial charge is 0.233 e. The van der Waals surface area contributed by atoms with Crippen LogP contribution < -0.4 is 0 Å². The number of aliphatic imine (C=N–C) groups is 1. The highest BCUT2D eigenvalue weighted by molar-refractivity contribution is 6.76. The van der Waals surface area contributed by atoms with Crippen molar-refractivity contribution >= 4 is 25.1 Å². The molecule has 0 amide bonds. The molecule has 0 saturated carbocycles. The van der Waals surface area contributed by atoms with Gasteiger partial charge in [-0.15, -0.1) is 5.10 Å². The number of benzene rings is 2. The molecule has 9 heteroatoms. The topological polar surface area (TPSA) is 86.7 Å². The SMILES string of the molecule is C[Si](C)(C)CCOCn1nnc(CCN=C(c2ccccc2)c2ccccc2)c1C(=O)c1cc2ccccn2n1. The Hall–Kier alpha value is -4.21. The van der Waals surface area contributed by atoms with E-state index in [1.165, 1.54) is 0 Å². The van der Waals surface area contributed by atoms with Gasteiger partial charge in [-0.1, -0.05) is 91.6 Å². The van der Waals surface area contributed by atoms with Gasteiger partial charge in [0.2, 0.25) is 5.78 Å². The molecule has 5 rings (SSSR count). The molecule has 0 atom stereocenters. The fraction of sp³-hybridized carbons (Fsp3) is 0.258. The minimum atomic E-state index is -1.25. The molecule has 0 N–H and O–H groups in total. The maximum Gasteiger partial charge on any atom is 0.233 e. The summed E-state index contributed by atoms with van der Waals surface area (Å²) in [6.45, 7) is 8.15. The second kappa shape index (κ2) is 12.3. The number of fused-ring (bicyclic) bond motifs is 1. The first-order chi connectivity index (χ1) is 19.4. The van der Waals surface area contributed by atoms with Gasteiger partial charge in [-0.25, -0.2) is 9.20 Å². The number of aromatic nitrogens is 5. The lowest BCUT2D eigenvalue weighted by Gasteiger charge is -2.15. The predicted molar refractivity (Wildman–Crippen MR) is 160 cm³/mol. The summed E-state index contributed by atoms with van der Waals surface area (Å²) in [4.78, 5) is 18.8. The van der Waals surface area contributed by atoms with Crippen LogP contribution in [0, 0.1) is 0 Å². The van der Waals surface area contributed by atoms with Gasteiger partial charge in [0.15, 0.2) is 0 Å². The van der Waals surface area contributed by atoms with Gasteiger partial charge in [-0.05, 0) is 24.2 Å². The van der Waals surface area contributed by atoms with Crippen molar-refractivity contribution in [3.05, 3.63) is 119 Å². The molecule has 0 bridgehead atoms. The Labute approximate surface area is 235 Å². The van der Waals surface area contributed by atoms with E-state index in [1.54, 1.807) is 15.3 Å². The van der Waals surface area contributed by atoms with Gasteiger partial charge in [0.25, 0.3) is 0 Å². The molecule has 40 heavy (non-hydrogen) atoms. The summed E-state index contributed by atoms with van der Waals surface area (Å²) in [6, 6.07) is 28.8. The maximum absolute atomic E-state index is 13.8. The third-order valence-corrected chi connectivity index (χ3v) is 8.25. The van der Waals surface area contributed by atoms with Gasteiger partial charge in [-0.2, -0.15) is 5.10 Å². The zero-order valence-corrected chi connectivity index (χ0v) is 24.2. The number of nitrogens with zero attached hydrogens (tertiary/aromatic N) is 6. The Balaban J connectivity index is 1.42. The van der Waals surface area contributed by atoms with Crippen LogP contribution in [-0.2, 0) is 17.9 Å². The van der Waals surface area contributed by atoms with E-state index < -0.39 is 8.07 Å². The molecule has 0 aliphatic carbocycles. The zero-order chi connectivity index (χ0) is 28.0. The average Bonchev–Trinajstić information content (AvgIpc) is 3.58. The van der Waals surface area contributed by atoms with Crippen molar-refractivity contribution in [2.75, 3.05) is 13.2 Å².